The van der Waals surface area contributed by atoms with E-state index in [4.69, 9.17) is 0 Å². The van der Waals surface area contributed by atoms with E-state index in [0.717, 1.165) is 31.5 Å². The number of carbonyl (C=O) groups is 1. The number of aromatic nitrogens is 2. The Kier molecular flexibility index (Phi) is 2.98. The van der Waals surface area contributed by atoms with E-state index in [1.807, 2.05) is 13.2 Å². The Morgan fingerprint density at radius 2 is 1.89 bits per heavy atom. The Morgan fingerprint density at radius 3 is 2.44 bits per heavy atom. The summed E-state index contributed by atoms with van der Waals surface area (Å²) in [6.07, 6.45) is 10.5. The third-order valence-corrected chi connectivity index (χ3v) is 4.53. The molecule has 0 N–H and O–H groups in total. The Hall–Kier alpha value is -1.16. The Bertz CT molecular complexity index is 440. The van der Waals surface area contributed by atoms with E-state index in [9.17, 15) is 4.79 Å². The Morgan fingerprint density at radius 1 is 1.22 bits per heavy atom. The summed E-state index contributed by atoms with van der Waals surface area (Å²) < 4.78 is 1.72. The highest BCUT2D eigenvalue weighted by molar-refractivity contribution is 6.03. The molecule has 2 heterocycles. The van der Waals surface area contributed by atoms with Gasteiger partial charge in [0, 0.05) is 13.2 Å². The Labute approximate surface area is 108 Å². The van der Waals surface area contributed by atoms with Gasteiger partial charge in [0.25, 0.3) is 0 Å². The summed E-state index contributed by atoms with van der Waals surface area (Å²) in [7, 11) is 1.87. The zero-order valence-electron chi connectivity index (χ0n) is 11.1. The molecule has 2 fully saturated rings. The molecule has 1 aliphatic heterocycles. The largest absolute Gasteiger partial charge is 0.292 e. The molecule has 4 nitrogen and oxygen atoms in total. The molecule has 1 aliphatic carbocycles. The quantitative estimate of drug-likeness (QED) is 0.767. The summed E-state index contributed by atoms with van der Waals surface area (Å²) in [6.45, 7) is 2.18. The molecule has 1 aromatic heterocycles. The molecule has 4 heteroatoms. The summed E-state index contributed by atoms with van der Waals surface area (Å²) in [4.78, 5) is 15.3. The van der Waals surface area contributed by atoms with E-state index in [1.54, 1.807) is 10.9 Å². The molecule has 1 aromatic rings. The molecular formula is C14H21N3O. The normalized spacial score (nSPS) is 23.6. The molecule has 18 heavy (non-hydrogen) atoms. The van der Waals surface area contributed by atoms with Crippen molar-refractivity contribution in [3.8, 4) is 0 Å². The van der Waals surface area contributed by atoms with Crippen LogP contribution in [0.4, 0.5) is 0 Å². The fourth-order valence-corrected chi connectivity index (χ4v) is 3.60. The lowest BCUT2D eigenvalue weighted by Crippen LogP contribution is -2.51. The molecule has 0 atom stereocenters. The molecule has 0 aromatic carbocycles. The van der Waals surface area contributed by atoms with Crippen LogP contribution in [0.3, 0.4) is 0 Å². The number of carbonyl (C=O) groups excluding carboxylic acids is 1. The van der Waals surface area contributed by atoms with Crippen molar-refractivity contribution in [2.24, 2.45) is 7.05 Å². The zero-order valence-corrected chi connectivity index (χ0v) is 11.1. The van der Waals surface area contributed by atoms with E-state index in [-0.39, 0.29) is 5.54 Å². The predicted molar refractivity (Wildman–Crippen MR) is 69.5 cm³/mol. The summed E-state index contributed by atoms with van der Waals surface area (Å²) in [6, 6.07) is 0. The van der Waals surface area contributed by atoms with Gasteiger partial charge in [-0.25, -0.2) is 0 Å². The second-order valence-corrected chi connectivity index (χ2v) is 5.66. The van der Waals surface area contributed by atoms with Crippen LogP contribution >= 0.6 is 0 Å². The van der Waals surface area contributed by atoms with Crippen molar-refractivity contribution in [3.63, 3.8) is 0 Å². The first-order valence-electron chi connectivity index (χ1n) is 7.01. The monoisotopic (exact) mass is 247 g/mol. The van der Waals surface area contributed by atoms with Crippen LogP contribution in [0.1, 0.15) is 48.9 Å². The molecule has 3 rings (SSSR count). The van der Waals surface area contributed by atoms with E-state index in [1.165, 1.54) is 25.7 Å². The van der Waals surface area contributed by atoms with Gasteiger partial charge in [-0.3, -0.25) is 14.4 Å². The van der Waals surface area contributed by atoms with Gasteiger partial charge in [-0.15, -0.1) is 0 Å². The number of ketones is 1. The summed E-state index contributed by atoms with van der Waals surface area (Å²) in [5.41, 5.74) is 0.575. The molecule has 0 radical (unpaired) electrons. The van der Waals surface area contributed by atoms with Crippen molar-refractivity contribution in [1.29, 1.82) is 0 Å². The molecule has 0 spiro atoms. The van der Waals surface area contributed by atoms with Crippen LogP contribution < -0.4 is 0 Å². The van der Waals surface area contributed by atoms with Crippen molar-refractivity contribution >= 4 is 5.78 Å². The third-order valence-electron chi connectivity index (χ3n) is 4.53. The van der Waals surface area contributed by atoms with Crippen LogP contribution in [0.25, 0.3) is 0 Å². The maximum absolute atomic E-state index is 12.9. The maximum atomic E-state index is 12.9. The Balaban J connectivity index is 1.91. The van der Waals surface area contributed by atoms with Gasteiger partial charge in [-0.2, -0.15) is 5.10 Å². The van der Waals surface area contributed by atoms with Crippen molar-refractivity contribution < 1.29 is 4.79 Å². The highest BCUT2D eigenvalue weighted by Gasteiger charge is 2.47. The maximum Gasteiger partial charge on any atom is 0.186 e. The third kappa shape index (κ3) is 1.79. The van der Waals surface area contributed by atoms with Gasteiger partial charge in [0.15, 0.2) is 5.78 Å². The zero-order chi connectivity index (χ0) is 12.6. The SMILES string of the molecule is Cn1cc(C(=O)C2(N3CCCC3)CCCC2)cn1. The standard InChI is InChI=1S/C14H21N3O/c1-16-11-12(10-15-16)13(18)14(6-2-3-7-14)17-8-4-5-9-17/h10-11H,2-9H2,1H3. The van der Waals surface area contributed by atoms with Gasteiger partial charge < -0.3 is 0 Å². The molecule has 98 valence electrons. The van der Waals surface area contributed by atoms with Crippen molar-refractivity contribution in [3.05, 3.63) is 18.0 Å². The lowest BCUT2D eigenvalue weighted by molar-refractivity contribution is 0.0626. The topological polar surface area (TPSA) is 38.1 Å². The van der Waals surface area contributed by atoms with Crippen LogP contribution in [0.15, 0.2) is 12.4 Å². The highest BCUT2D eigenvalue weighted by atomic mass is 16.1. The van der Waals surface area contributed by atoms with Gasteiger partial charge >= 0.3 is 0 Å². The number of nitrogens with zero attached hydrogens (tertiary/aromatic N) is 3. The van der Waals surface area contributed by atoms with Gasteiger partial charge in [-0.05, 0) is 38.8 Å². The summed E-state index contributed by atoms with van der Waals surface area (Å²) >= 11 is 0. The average Bonchev–Trinajstić information content (AvgIpc) is 3.09. The van der Waals surface area contributed by atoms with E-state index in [2.05, 4.69) is 10.00 Å². The van der Waals surface area contributed by atoms with Crippen LogP contribution in [0, 0.1) is 0 Å². The lowest BCUT2D eigenvalue weighted by Gasteiger charge is -2.37. The van der Waals surface area contributed by atoms with E-state index in [0.29, 0.717) is 5.78 Å². The fraction of sp³-hybridized carbons (Fsp3) is 0.714. The van der Waals surface area contributed by atoms with Crippen molar-refractivity contribution in [2.75, 3.05) is 13.1 Å². The second-order valence-electron chi connectivity index (χ2n) is 5.66. The molecule has 0 amide bonds. The van der Waals surface area contributed by atoms with Gasteiger partial charge in [0.1, 0.15) is 0 Å². The molecule has 0 unspecified atom stereocenters. The van der Waals surface area contributed by atoms with Crippen LogP contribution in [0.2, 0.25) is 0 Å². The number of Topliss-reactive ketones (excluding diaryl/α,β-unsaturated/α-hetero) is 1. The molecule has 2 aliphatic rings. The number of hydrogen-bond donors (Lipinski definition) is 0. The number of rotatable bonds is 3. The van der Waals surface area contributed by atoms with E-state index >= 15 is 0 Å². The first kappa shape index (κ1) is 11.9. The second kappa shape index (κ2) is 4.50. The molecular weight excluding hydrogens is 226 g/mol. The van der Waals surface area contributed by atoms with Crippen LogP contribution in [-0.2, 0) is 7.05 Å². The van der Waals surface area contributed by atoms with E-state index < -0.39 is 0 Å². The minimum Gasteiger partial charge on any atom is -0.292 e. The van der Waals surface area contributed by atoms with Crippen molar-refractivity contribution in [2.45, 2.75) is 44.1 Å². The van der Waals surface area contributed by atoms with Crippen LogP contribution in [0.5, 0.6) is 0 Å². The molecule has 1 saturated heterocycles. The first-order valence-corrected chi connectivity index (χ1v) is 7.01. The summed E-state index contributed by atoms with van der Waals surface area (Å²) in [5.74, 6) is 0.301. The molecule has 0 bridgehead atoms. The first-order chi connectivity index (χ1) is 8.72. The van der Waals surface area contributed by atoms with Crippen LogP contribution in [-0.4, -0.2) is 39.1 Å². The molecule has 1 saturated carbocycles. The van der Waals surface area contributed by atoms with Gasteiger partial charge in [0.05, 0.1) is 17.3 Å². The fourth-order valence-electron chi connectivity index (χ4n) is 3.60. The van der Waals surface area contributed by atoms with Gasteiger partial charge in [0.2, 0.25) is 0 Å². The predicted octanol–water partition coefficient (Wildman–Crippen LogP) is 2.01. The smallest absolute Gasteiger partial charge is 0.186 e. The minimum absolute atomic E-state index is 0.209. The minimum atomic E-state index is -0.209. The van der Waals surface area contributed by atoms with Crippen molar-refractivity contribution in [1.82, 2.24) is 14.7 Å². The number of aryl methyl sites for hydroxylation is 1. The highest BCUT2D eigenvalue weighted by Crippen LogP contribution is 2.39. The summed E-state index contributed by atoms with van der Waals surface area (Å²) in [5, 5.41) is 4.14. The average molecular weight is 247 g/mol. The lowest BCUT2D eigenvalue weighted by atomic mass is 9.87. The van der Waals surface area contributed by atoms with Gasteiger partial charge in [-0.1, -0.05) is 12.8 Å². The number of likely N-dealkylation sites (tertiary alicyclic amines) is 1. The number of hydrogen-bond acceptors (Lipinski definition) is 3.